The standard InChI is InChI=1S/C14H22N4O2/c1-17(2)14(15)16-12-10-11(19-3)4-5-13(12)18-6-8-20-9-7-18/h4-5,10H,6-9H2,1-3H3,(H2,15,16). The van der Waals surface area contributed by atoms with Gasteiger partial charge < -0.3 is 25.0 Å². The number of morpholine rings is 1. The van der Waals surface area contributed by atoms with Gasteiger partial charge >= 0.3 is 0 Å². The number of hydrogen-bond acceptors (Lipinski definition) is 4. The van der Waals surface area contributed by atoms with E-state index in [1.54, 1.807) is 12.0 Å². The normalized spacial score (nSPS) is 16.1. The van der Waals surface area contributed by atoms with Crippen molar-refractivity contribution in [3.63, 3.8) is 0 Å². The van der Waals surface area contributed by atoms with E-state index in [2.05, 4.69) is 9.89 Å². The summed E-state index contributed by atoms with van der Waals surface area (Å²) in [6, 6.07) is 5.86. The van der Waals surface area contributed by atoms with Gasteiger partial charge in [-0.15, -0.1) is 0 Å². The fourth-order valence-corrected chi connectivity index (χ4v) is 2.01. The van der Waals surface area contributed by atoms with E-state index in [4.69, 9.17) is 15.2 Å². The lowest BCUT2D eigenvalue weighted by Crippen LogP contribution is -2.36. The molecule has 20 heavy (non-hydrogen) atoms. The predicted molar refractivity (Wildman–Crippen MR) is 81.0 cm³/mol. The molecular formula is C14H22N4O2. The van der Waals surface area contributed by atoms with Gasteiger partial charge in [0.15, 0.2) is 5.96 Å². The van der Waals surface area contributed by atoms with Crippen molar-refractivity contribution >= 4 is 17.3 Å². The van der Waals surface area contributed by atoms with Crippen LogP contribution in [0.5, 0.6) is 5.75 Å². The molecule has 0 radical (unpaired) electrons. The molecule has 0 bridgehead atoms. The van der Waals surface area contributed by atoms with Crippen LogP contribution in [0, 0.1) is 0 Å². The molecule has 0 spiro atoms. The minimum Gasteiger partial charge on any atom is -0.497 e. The summed E-state index contributed by atoms with van der Waals surface area (Å²) >= 11 is 0. The van der Waals surface area contributed by atoms with Crippen molar-refractivity contribution in [2.45, 2.75) is 0 Å². The van der Waals surface area contributed by atoms with Crippen LogP contribution in [0.4, 0.5) is 11.4 Å². The average Bonchev–Trinajstić information content (AvgIpc) is 2.48. The van der Waals surface area contributed by atoms with Crippen molar-refractivity contribution in [3.05, 3.63) is 18.2 Å². The fraction of sp³-hybridized carbons (Fsp3) is 0.500. The molecular weight excluding hydrogens is 256 g/mol. The minimum absolute atomic E-state index is 0.466. The van der Waals surface area contributed by atoms with E-state index in [1.165, 1.54) is 0 Å². The first-order valence-electron chi connectivity index (χ1n) is 6.64. The number of aliphatic imine (C=N–C) groups is 1. The van der Waals surface area contributed by atoms with Gasteiger partial charge in [-0.25, -0.2) is 4.99 Å². The second-order valence-electron chi connectivity index (χ2n) is 4.82. The van der Waals surface area contributed by atoms with E-state index in [0.717, 1.165) is 43.4 Å². The van der Waals surface area contributed by atoms with Crippen LogP contribution in [0.25, 0.3) is 0 Å². The lowest BCUT2D eigenvalue weighted by molar-refractivity contribution is 0.123. The smallest absolute Gasteiger partial charge is 0.196 e. The number of rotatable bonds is 3. The third-order valence-electron chi connectivity index (χ3n) is 3.23. The van der Waals surface area contributed by atoms with E-state index < -0.39 is 0 Å². The van der Waals surface area contributed by atoms with Crippen molar-refractivity contribution < 1.29 is 9.47 Å². The molecule has 0 amide bonds. The monoisotopic (exact) mass is 278 g/mol. The summed E-state index contributed by atoms with van der Waals surface area (Å²) in [6.45, 7) is 3.18. The molecule has 0 unspecified atom stereocenters. The van der Waals surface area contributed by atoms with Gasteiger partial charge in [0, 0.05) is 33.3 Å². The molecule has 6 nitrogen and oxygen atoms in total. The number of hydrogen-bond donors (Lipinski definition) is 1. The summed E-state index contributed by atoms with van der Waals surface area (Å²) in [5, 5.41) is 0. The first kappa shape index (κ1) is 14.5. The van der Waals surface area contributed by atoms with Crippen molar-refractivity contribution in [3.8, 4) is 5.75 Å². The number of nitrogens with zero attached hydrogens (tertiary/aromatic N) is 3. The topological polar surface area (TPSA) is 63.3 Å². The predicted octanol–water partition coefficient (Wildman–Crippen LogP) is 1.04. The molecule has 6 heteroatoms. The number of benzene rings is 1. The third kappa shape index (κ3) is 3.33. The highest BCUT2D eigenvalue weighted by atomic mass is 16.5. The Morgan fingerprint density at radius 3 is 2.65 bits per heavy atom. The third-order valence-corrected chi connectivity index (χ3v) is 3.23. The van der Waals surface area contributed by atoms with Crippen LogP contribution in [-0.4, -0.2) is 58.4 Å². The van der Waals surface area contributed by atoms with Crippen molar-refractivity contribution in [2.75, 3.05) is 52.4 Å². The zero-order valence-electron chi connectivity index (χ0n) is 12.3. The maximum absolute atomic E-state index is 5.93. The van der Waals surface area contributed by atoms with Crippen LogP contribution in [0.15, 0.2) is 23.2 Å². The summed E-state index contributed by atoms with van der Waals surface area (Å²) in [5.41, 5.74) is 7.80. The van der Waals surface area contributed by atoms with Crippen molar-refractivity contribution in [1.29, 1.82) is 0 Å². The number of methoxy groups -OCH3 is 1. The van der Waals surface area contributed by atoms with Gasteiger partial charge in [0.2, 0.25) is 0 Å². The molecule has 2 rings (SSSR count). The zero-order valence-corrected chi connectivity index (χ0v) is 12.3. The number of anilines is 1. The van der Waals surface area contributed by atoms with Gasteiger partial charge in [-0.3, -0.25) is 0 Å². The van der Waals surface area contributed by atoms with Crippen LogP contribution in [0.2, 0.25) is 0 Å². The molecule has 1 aliphatic heterocycles. The first-order valence-corrected chi connectivity index (χ1v) is 6.64. The van der Waals surface area contributed by atoms with Crippen LogP contribution in [0.3, 0.4) is 0 Å². The highest BCUT2D eigenvalue weighted by molar-refractivity contribution is 5.84. The van der Waals surface area contributed by atoms with Crippen LogP contribution >= 0.6 is 0 Å². The largest absolute Gasteiger partial charge is 0.497 e. The highest BCUT2D eigenvalue weighted by Crippen LogP contribution is 2.33. The van der Waals surface area contributed by atoms with Crippen molar-refractivity contribution in [2.24, 2.45) is 10.7 Å². The Kier molecular flexibility index (Phi) is 4.68. The van der Waals surface area contributed by atoms with Crippen LogP contribution < -0.4 is 15.4 Å². The molecule has 1 aliphatic rings. The maximum Gasteiger partial charge on any atom is 0.196 e. The molecule has 1 heterocycles. The lowest BCUT2D eigenvalue weighted by Gasteiger charge is -2.30. The van der Waals surface area contributed by atoms with Crippen molar-refractivity contribution in [1.82, 2.24) is 4.90 Å². The van der Waals surface area contributed by atoms with E-state index >= 15 is 0 Å². The minimum atomic E-state index is 0.466. The Hall–Kier alpha value is -1.95. The van der Waals surface area contributed by atoms with Gasteiger partial charge in [-0.05, 0) is 12.1 Å². The number of guanidine groups is 1. The van der Waals surface area contributed by atoms with E-state index in [0.29, 0.717) is 5.96 Å². The second-order valence-corrected chi connectivity index (χ2v) is 4.82. The molecule has 1 aromatic carbocycles. The Balaban J connectivity index is 2.36. The zero-order chi connectivity index (χ0) is 14.5. The van der Waals surface area contributed by atoms with Crippen LogP contribution in [-0.2, 0) is 4.74 Å². The summed E-state index contributed by atoms with van der Waals surface area (Å²) in [5.74, 6) is 1.24. The first-order chi connectivity index (χ1) is 9.61. The molecule has 0 aliphatic carbocycles. The molecule has 0 saturated carbocycles. The van der Waals surface area contributed by atoms with Gasteiger partial charge in [0.1, 0.15) is 5.75 Å². The Labute approximate surface area is 119 Å². The van der Waals surface area contributed by atoms with Gasteiger partial charge in [-0.1, -0.05) is 0 Å². The lowest BCUT2D eigenvalue weighted by atomic mass is 10.2. The molecule has 0 atom stereocenters. The molecule has 110 valence electrons. The molecule has 0 aromatic heterocycles. The van der Waals surface area contributed by atoms with Gasteiger partial charge in [0.25, 0.3) is 0 Å². The second kappa shape index (κ2) is 6.47. The van der Waals surface area contributed by atoms with E-state index in [-0.39, 0.29) is 0 Å². The van der Waals surface area contributed by atoms with Gasteiger partial charge in [-0.2, -0.15) is 0 Å². The summed E-state index contributed by atoms with van der Waals surface area (Å²) < 4.78 is 10.7. The fourth-order valence-electron chi connectivity index (χ4n) is 2.01. The Morgan fingerprint density at radius 2 is 2.05 bits per heavy atom. The highest BCUT2D eigenvalue weighted by Gasteiger charge is 2.15. The summed E-state index contributed by atoms with van der Waals surface area (Å²) in [4.78, 5) is 8.54. The maximum atomic E-state index is 5.93. The summed E-state index contributed by atoms with van der Waals surface area (Å²) in [7, 11) is 5.38. The molecule has 1 saturated heterocycles. The molecule has 1 fully saturated rings. The molecule has 2 N–H and O–H groups in total. The Morgan fingerprint density at radius 1 is 1.35 bits per heavy atom. The van der Waals surface area contributed by atoms with E-state index in [9.17, 15) is 0 Å². The number of nitrogens with two attached hydrogens (primary N) is 1. The quantitative estimate of drug-likeness (QED) is 0.661. The average molecular weight is 278 g/mol. The van der Waals surface area contributed by atoms with Gasteiger partial charge in [0.05, 0.1) is 31.7 Å². The summed E-state index contributed by atoms with van der Waals surface area (Å²) in [6.07, 6.45) is 0. The SMILES string of the molecule is COc1ccc(N2CCOCC2)c(N=C(N)N(C)C)c1. The van der Waals surface area contributed by atoms with Crippen LogP contribution in [0.1, 0.15) is 0 Å². The van der Waals surface area contributed by atoms with E-state index in [1.807, 2.05) is 32.3 Å². The number of ether oxygens (including phenoxy) is 2. The Bertz CT molecular complexity index is 482. The molecule has 1 aromatic rings.